The van der Waals surface area contributed by atoms with E-state index in [-0.39, 0.29) is 17.9 Å². The van der Waals surface area contributed by atoms with Crippen LogP contribution in [0, 0.1) is 0 Å². The van der Waals surface area contributed by atoms with Gasteiger partial charge in [0.05, 0.1) is 17.9 Å². The standard InChI is InChI=1S/C23H26ClN3O2/c1-16(18-7-2-3-8-19(18)24)27(17-12-13-17)15-22(28)25-20-9-4-5-10-21(20)26-14-6-11-23(26)29/h2-5,7-10,16-17H,6,11-15H2,1H3,(H,25,28). The zero-order chi connectivity index (χ0) is 20.4. The molecular weight excluding hydrogens is 386 g/mol. The van der Waals surface area contributed by atoms with E-state index >= 15 is 0 Å². The Morgan fingerprint density at radius 1 is 1.21 bits per heavy atom. The van der Waals surface area contributed by atoms with Gasteiger partial charge in [0.25, 0.3) is 0 Å². The van der Waals surface area contributed by atoms with E-state index < -0.39 is 0 Å². The maximum atomic E-state index is 12.9. The lowest BCUT2D eigenvalue weighted by Gasteiger charge is -2.29. The first-order valence-corrected chi connectivity index (χ1v) is 10.6. The van der Waals surface area contributed by atoms with Crippen molar-refractivity contribution in [2.45, 2.75) is 44.7 Å². The highest BCUT2D eigenvalue weighted by Crippen LogP contribution is 2.36. The van der Waals surface area contributed by atoms with Gasteiger partial charge >= 0.3 is 0 Å². The molecule has 1 heterocycles. The molecule has 4 rings (SSSR count). The first kappa shape index (κ1) is 19.9. The summed E-state index contributed by atoms with van der Waals surface area (Å²) in [4.78, 5) is 29.1. The van der Waals surface area contributed by atoms with Crippen molar-refractivity contribution in [2.75, 3.05) is 23.3 Å². The summed E-state index contributed by atoms with van der Waals surface area (Å²) in [5, 5.41) is 3.76. The van der Waals surface area contributed by atoms with Crippen LogP contribution in [-0.2, 0) is 9.59 Å². The summed E-state index contributed by atoms with van der Waals surface area (Å²) in [6.07, 6.45) is 3.61. The lowest BCUT2D eigenvalue weighted by molar-refractivity contribution is -0.118. The van der Waals surface area contributed by atoms with Gasteiger partial charge in [-0.2, -0.15) is 0 Å². The Morgan fingerprint density at radius 2 is 1.93 bits per heavy atom. The van der Waals surface area contributed by atoms with Crippen LogP contribution in [0.15, 0.2) is 48.5 Å². The van der Waals surface area contributed by atoms with E-state index in [1.165, 1.54) is 0 Å². The maximum absolute atomic E-state index is 12.9. The summed E-state index contributed by atoms with van der Waals surface area (Å²) in [7, 11) is 0. The van der Waals surface area contributed by atoms with Gasteiger partial charge in [0.15, 0.2) is 0 Å². The lowest BCUT2D eigenvalue weighted by atomic mass is 10.1. The van der Waals surface area contributed by atoms with Crippen LogP contribution in [0.4, 0.5) is 11.4 Å². The number of hydrogen-bond donors (Lipinski definition) is 1. The normalized spacial score (nSPS) is 17.6. The zero-order valence-corrected chi connectivity index (χ0v) is 17.4. The van der Waals surface area contributed by atoms with Crippen LogP contribution in [0.5, 0.6) is 0 Å². The number of nitrogens with zero attached hydrogens (tertiary/aromatic N) is 2. The van der Waals surface area contributed by atoms with Crippen molar-refractivity contribution in [3.63, 3.8) is 0 Å². The van der Waals surface area contributed by atoms with Crippen LogP contribution in [0.2, 0.25) is 5.02 Å². The second kappa shape index (κ2) is 8.56. The molecule has 0 radical (unpaired) electrons. The number of benzene rings is 2. The van der Waals surface area contributed by atoms with Crippen LogP contribution >= 0.6 is 11.6 Å². The van der Waals surface area contributed by atoms with Gasteiger partial charge in [0.2, 0.25) is 11.8 Å². The fourth-order valence-corrected chi connectivity index (χ4v) is 4.35. The summed E-state index contributed by atoms with van der Waals surface area (Å²) in [5.74, 6) is 0.0357. The number of rotatable bonds is 7. The molecule has 0 aromatic heterocycles. The topological polar surface area (TPSA) is 52.7 Å². The third kappa shape index (κ3) is 4.46. The molecule has 2 fully saturated rings. The molecule has 0 spiro atoms. The van der Waals surface area contributed by atoms with E-state index in [0.29, 0.717) is 31.2 Å². The monoisotopic (exact) mass is 411 g/mol. The number of hydrogen-bond acceptors (Lipinski definition) is 3. The smallest absolute Gasteiger partial charge is 0.238 e. The molecule has 0 bridgehead atoms. The van der Waals surface area contributed by atoms with E-state index in [0.717, 1.165) is 35.5 Å². The number of anilines is 2. The molecule has 2 aliphatic rings. The van der Waals surface area contributed by atoms with Gasteiger partial charge in [-0.05, 0) is 49.9 Å². The van der Waals surface area contributed by atoms with Crippen LogP contribution < -0.4 is 10.2 Å². The van der Waals surface area contributed by atoms with E-state index in [1.54, 1.807) is 4.90 Å². The van der Waals surface area contributed by atoms with Gasteiger partial charge in [-0.1, -0.05) is 41.9 Å². The fraction of sp³-hybridized carbons (Fsp3) is 0.391. The molecule has 2 amide bonds. The number of para-hydroxylation sites is 2. The molecule has 1 saturated heterocycles. The Morgan fingerprint density at radius 3 is 2.62 bits per heavy atom. The molecule has 1 N–H and O–H groups in total. The molecule has 2 aromatic carbocycles. The summed E-state index contributed by atoms with van der Waals surface area (Å²) in [6.45, 7) is 3.09. The highest BCUT2D eigenvalue weighted by molar-refractivity contribution is 6.31. The number of carbonyl (C=O) groups is 2. The highest BCUT2D eigenvalue weighted by Gasteiger charge is 2.35. The SMILES string of the molecule is CC(c1ccccc1Cl)N(CC(=O)Nc1ccccc1N1CCCC1=O)C1CC1. The average molecular weight is 412 g/mol. The molecular formula is C23H26ClN3O2. The Kier molecular flexibility index (Phi) is 5.88. The first-order chi connectivity index (χ1) is 14.0. The zero-order valence-electron chi connectivity index (χ0n) is 16.6. The lowest BCUT2D eigenvalue weighted by Crippen LogP contribution is -2.37. The van der Waals surface area contributed by atoms with Crippen molar-refractivity contribution in [3.05, 3.63) is 59.1 Å². The number of halogens is 1. The quantitative estimate of drug-likeness (QED) is 0.722. The predicted molar refractivity (Wildman–Crippen MR) is 116 cm³/mol. The highest BCUT2D eigenvalue weighted by atomic mass is 35.5. The van der Waals surface area contributed by atoms with Gasteiger partial charge < -0.3 is 10.2 Å². The third-order valence-electron chi connectivity index (χ3n) is 5.74. The van der Waals surface area contributed by atoms with Crippen molar-refractivity contribution in [1.82, 2.24) is 4.90 Å². The molecule has 152 valence electrons. The maximum Gasteiger partial charge on any atom is 0.238 e. The number of nitrogens with one attached hydrogen (secondary N) is 1. The molecule has 5 nitrogen and oxygen atoms in total. The minimum Gasteiger partial charge on any atom is -0.323 e. The van der Waals surface area contributed by atoms with Gasteiger partial charge in [-0.3, -0.25) is 14.5 Å². The molecule has 29 heavy (non-hydrogen) atoms. The van der Waals surface area contributed by atoms with E-state index in [1.807, 2.05) is 48.5 Å². The van der Waals surface area contributed by atoms with Crippen molar-refractivity contribution < 1.29 is 9.59 Å². The minimum absolute atomic E-state index is 0.0531. The molecule has 1 unspecified atom stereocenters. The molecule has 2 aromatic rings. The number of amides is 2. The van der Waals surface area contributed by atoms with E-state index in [4.69, 9.17) is 11.6 Å². The molecule has 1 saturated carbocycles. The Labute approximate surface area is 176 Å². The molecule has 6 heteroatoms. The van der Waals surface area contributed by atoms with Crippen LogP contribution in [0.25, 0.3) is 0 Å². The van der Waals surface area contributed by atoms with Crippen LogP contribution in [0.1, 0.15) is 44.2 Å². The summed E-state index contributed by atoms with van der Waals surface area (Å²) in [6, 6.07) is 15.8. The summed E-state index contributed by atoms with van der Waals surface area (Å²) < 4.78 is 0. The Balaban J connectivity index is 1.49. The van der Waals surface area contributed by atoms with E-state index in [2.05, 4.69) is 17.1 Å². The average Bonchev–Trinajstić information content (AvgIpc) is 3.47. The van der Waals surface area contributed by atoms with Crippen LogP contribution in [-0.4, -0.2) is 35.8 Å². The Hall–Kier alpha value is -2.37. The van der Waals surface area contributed by atoms with E-state index in [9.17, 15) is 9.59 Å². The third-order valence-corrected chi connectivity index (χ3v) is 6.08. The second-order valence-corrected chi connectivity index (χ2v) is 8.22. The van der Waals surface area contributed by atoms with Crippen LogP contribution in [0.3, 0.4) is 0 Å². The van der Waals surface area contributed by atoms with Gasteiger partial charge in [0.1, 0.15) is 0 Å². The molecule has 1 atom stereocenters. The molecule has 1 aliphatic carbocycles. The summed E-state index contributed by atoms with van der Waals surface area (Å²) in [5.41, 5.74) is 2.51. The van der Waals surface area contributed by atoms with Gasteiger partial charge in [-0.15, -0.1) is 0 Å². The van der Waals surface area contributed by atoms with Crippen molar-refractivity contribution in [2.24, 2.45) is 0 Å². The fourth-order valence-electron chi connectivity index (χ4n) is 4.05. The largest absolute Gasteiger partial charge is 0.323 e. The minimum atomic E-state index is -0.0742. The molecule has 1 aliphatic heterocycles. The van der Waals surface area contributed by atoms with Crippen molar-refractivity contribution in [1.29, 1.82) is 0 Å². The van der Waals surface area contributed by atoms with Gasteiger partial charge in [0, 0.05) is 30.1 Å². The summed E-state index contributed by atoms with van der Waals surface area (Å²) >= 11 is 6.40. The van der Waals surface area contributed by atoms with Crippen molar-refractivity contribution in [3.8, 4) is 0 Å². The van der Waals surface area contributed by atoms with Crippen molar-refractivity contribution >= 4 is 34.8 Å². The second-order valence-electron chi connectivity index (χ2n) is 7.82. The predicted octanol–water partition coefficient (Wildman–Crippen LogP) is 4.63. The number of carbonyl (C=O) groups excluding carboxylic acids is 2. The van der Waals surface area contributed by atoms with Gasteiger partial charge in [-0.25, -0.2) is 0 Å². The first-order valence-electron chi connectivity index (χ1n) is 10.2. The Bertz CT molecular complexity index is 913.